The summed E-state index contributed by atoms with van der Waals surface area (Å²) in [6.45, 7) is 1.79. The Morgan fingerprint density at radius 3 is 2.47 bits per heavy atom. The zero-order valence-corrected chi connectivity index (χ0v) is 10.8. The molecule has 17 heavy (non-hydrogen) atoms. The lowest BCUT2D eigenvalue weighted by atomic mass is 10.2. The van der Waals surface area contributed by atoms with Crippen LogP contribution in [0, 0.1) is 12.7 Å². The predicted molar refractivity (Wildman–Crippen MR) is 69.8 cm³/mol. The van der Waals surface area contributed by atoms with Crippen molar-refractivity contribution in [1.29, 1.82) is 0 Å². The highest BCUT2D eigenvalue weighted by Crippen LogP contribution is 2.31. The van der Waals surface area contributed by atoms with Crippen LogP contribution in [-0.4, -0.2) is 0 Å². The fraction of sp³-hybridized carbons (Fsp3) is 0.0769. The van der Waals surface area contributed by atoms with E-state index in [9.17, 15) is 4.39 Å². The minimum Gasteiger partial charge on any atom is -0.455 e. The van der Waals surface area contributed by atoms with Gasteiger partial charge in [-0.2, -0.15) is 0 Å². The molecule has 0 atom stereocenters. The molecule has 0 radical (unpaired) electrons. The summed E-state index contributed by atoms with van der Waals surface area (Å²) in [5.41, 5.74) is 7.08. The van der Waals surface area contributed by atoms with E-state index in [2.05, 4.69) is 15.9 Å². The number of anilines is 1. The van der Waals surface area contributed by atoms with Crippen LogP contribution >= 0.6 is 15.9 Å². The molecule has 2 rings (SSSR count). The monoisotopic (exact) mass is 295 g/mol. The van der Waals surface area contributed by atoms with E-state index >= 15 is 0 Å². The molecule has 0 bridgehead atoms. The number of hydrogen-bond acceptors (Lipinski definition) is 2. The molecule has 2 aromatic rings. The Morgan fingerprint density at radius 1 is 1.12 bits per heavy atom. The zero-order valence-electron chi connectivity index (χ0n) is 9.21. The van der Waals surface area contributed by atoms with Gasteiger partial charge in [-0.3, -0.25) is 0 Å². The number of nitrogen functional groups attached to an aromatic ring is 1. The Kier molecular flexibility index (Phi) is 3.33. The third-order valence-corrected chi connectivity index (χ3v) is 2.82. The van der Waals surface area contributed by atoms with Crippen LogP contribution in [-0.2, 0) is 0 Å². The molecule has 2 aromatic carbocycles. The minimum atomic E-state index is -0.279. The van der Waals surface area contributed by atoms with Crippen molar-refractivity contribution in [2.24, 2.45) is 0 Å². The fourth-order valence-electron chi connectivity index (χ4n) is 1.46. The van der Waals surface area contributed by atoms with Crippen molar-refractivity contribution in [2.45, 2.75) is 6.92 Å². The number of benzene rings is 2. The second-order valence-corrected chi connectivity index (χ2v) is 4.61. The molecule has 88 valence electrons. The van der Waals surface area contributed by atoms with Gasteiger partial charge >= 0.3 is 0 Å². The Labute approximate surface area is 107 Å². The predicted octanol–water partition coefficient (Wildman–Crippen LogP) is 4.27. The summed E-state index contributed by atoms with van der Waals surface area (Å²) < 4.78 is 19.5. The summed E-state index contributed by atoms with van der Waals surface area (Å²) >= 11 is 3.32. The second-order valence-electron chi connectivity index (χ2n) is 3.69. The maximum absolute atomic E-state index is 12.9. The Morgan fingerprint density at radius 2 is 1.82 bits per heavy atom. The van der Waals surface area contributed by atoms with Crippen LogP contribution in [0.2, 0.25) is 0 Å². The first-order chi connectivity index (χ1) is 8.06. The summed E-state index contributed by atoms with van der Waals surface area (Å²) in [5, 5.41) is 0. The third kappa shape index (κ3) is 2.77. The lowest BCUT2D eigenvalue weighted by Gasteiger charge is -2.10. The number of nitrogens with two attached hydrogens (primary N) is 1. The van der Waals surface area contributed by atoms with Gasteiger partial charge in [0.15, 0.2) is 0 Å². The molecule has 4 heteroatoms. The highest BCUT2D eigenvalue weighted by molar-refractivity contribution is 9.10. The Bertz CT molecular complexity index is 508. The topological polar surface area (TPSA) is 35.2 Å². The van der Waals surface area contributed by atoms with Gasteiger partial charge in [-0.1, -0.05) is 15.9 Å². The molecule has 0 saturated heterocycles. The fourth-order valence-corrected chi connectivity index (χ4v) is 1.84. The van der Waals surface area contributed by atoms with E-state index in [0.29, 0.717) is 17.2 Å². The molecule has 0 aliphatic rings. The van der Waals surface area contributed by atoms with Gasteiger partial charge in [0, 0.05) is 4.47 Å². The summed E-state index contributed by atoms with van der Waals surface area (Å²) in [7, 11) is 0. The van der Waals surface area contributed by atoms with Crippen molar-refractivity contribution < 1.29 is 9.13 Å². The molecule has 0 heterocycles. The molecule has 0 unspecified atom stereocenters. The van der Waals surface area contributed by atoms with Gasteiger partial charge in [0.1, 0.15) is 17.3 Å². The molecule has 0 aliphatic heterocycles. The quantitative estimate of drug-likeness (QED) is 0.840. The van der Waals surface area contributed by atoms with Crippen molar-refractivity contribution in [3.63, 3.8) is 0 Å². The molecule has 2 nitrogen and oxygen atoms in total. The summed E-state index contributed by atoms with van der Waals surface area (Å²) in [6.07, 6.45) is 0. The van der Waals surface area contributed by atoms with Gasteiger partial charge in [0.05, 0.1) is 5.69 Å². The lowest BCUT2D eigenvalue weighted by Crippen LogP contribution is -1.93. The number of ether oxygens (including phenoxy) is 1. The largest absolute Gasteiger partial charge is 0.455 e. The average Bonchev–Trinajstić information content (AvgIpc) is 2.25. The molecule has 0 fully saturated rings. The zero-order chi connectivity index (χ0) is 12.4. The van der Waals surface area contributed by atoms with Crippen LogP contribution in [0.25, 0.3) is 0 Å². The van der Waals surface area contributed by atoms with Gasteiger partial charge in [0.25, 0.3) is 0 Å². The van der Waals surface area contributed by atoms with Crippen molar-refractivity contribution in [3.8, 4) is 11.5 Å². The van der Waals surface area contributed by atoms with Crippen LogP contribution in [0.5, 0.6) is 11.5 Å². The molecule has 0 spiro atoms. The Hall–Kier alpha value is -1.55. The van der Waals surface area contributed by atoms with Crippen LogP contribution in [0.3, 0.4) is 0 Å². The lowest BCUT2D eigenvalue weighted by molar-refractivity contribution is 0.479. The van der Waals surface area contributed by atoms with Gasteiger partial charge < -0.3 is 10.5 Å². The van der Waals surface area contributed by atoms with E-state index in [0.717, 1.165) is 10.0 Å². The first kappa shape index (κ1) is 11.9. The van der Waals surface area contributed by atoms with E-state index in [4.69, 9.17) is 10.5 Å². The summed E-state index contributed by atoms with van der Waals surface area (Å²) in [4.78, 5) is 0. The van der Waals surface area contributed by atoms with Gasteiger partial charge in [-0.25, -0.2) is 4.39 Å². The van der Waals surface area contributed by atoms with Crippen LogP contribution < -0.4 is 10.5 Å². The van der Waals surface area contributed by atoms with Crippen molar-refractivity contribution in [3.05, 3.63) is 52.3 Å². The van der Waals surface area contributed by atoms with Crippen LogP contribution in [0.15, 0.2) is 40.9 Å². The highest BCUT2D eigenvalue weighted by Gasteiger charge is 2.06. The number of rotatable bonds is 2. The van der Waals surface area contributed by atoms with Gasteiger partial charge in [-0.05, 0) is 48.9 Å². The smallest absolute Gasteiger partial charge is 0.150 e. The summed E-state index contributed by atoms with van der Waals surface area (Å²) in [5.74, 6) is 0.877. The van der Waals surface area contributed by atoms with Crippen LogP contribution in [0.1, 0.15) is 5.56 Å². The molecular weight excluding hydrogens is 285 g/mol. The van der Waals surface area contributed by atoms with E-state index < -0.39 is 0 Å². The van der Waals surface area contributed by atoms with Crippen molar-refractivity contribution >= 4 is 21.6 Å². The van der Waals surface area contributed by atoms with Gasteiger partial charge in [0.2, 0.25) is 0 Å². The molecule has 0 aliphatic carbocycles. The standard InChI is InChI=1S/C13H11BrFNO/c1-8-6-10(15)3-5-12(8)17-13-4-2-9(14)7-11(13)16/h2-7H,16H2,1H3. The summed E-state index contributed by atoms with van der Waals surface area (Å²) in [6, 6.07) is 9.73. The maximum Gasteiger partial charge on any atom is 0.150 e. The first-order valence-corrected chi connectivity index (χ1v) is 5.84. The molecule has 0 aromatic heterocycles. The molecule has 2 N–H and O–H groups in total. The normalized spacial score (nSPS) is 10.3. The molecule has 0 saturated carbocycles. The molecular formula is C13H11BrFNO. The first-order valence-electron chi connectivity index (χ1n) is 5.05. The van der Waals surface area contributed by atoms with E-state index in [-0.39, 0.29) is 5.82 Å². The number of aryl methyl sites for hydroxylation is 1. The Balaban J connectivity index is 2.31. The van der Waals surface area contributed by atoms with Gasteiger partial charge in [-0.15, -0.1) is 0 Å². The van der Waals surface area contributed by atoms with Crippen molar-refractivity contribution in [2.75, 3.05) is 5.73 Å². The molecule has 0 amide bonds. The average molecular weight is 296 g/mol. The third-order valence-electron chi connectivity index (χ3n) is 2.33. The second kappa shape index (κ2) is 4.75. The van der Waals surface area contributed by atoms with E-state index in [1.807, 2.05) is 6.07 Å². The van der Waals surface area contributed by atoms with E-state index in [1.54, 1.807) is 25.1 Å². The minimum absolute atomic E-state index is 0.279. The number of hydrogen-bond donors (Lipinski definition) is 1. The van der Waals surface area contributed by atoms with E-state index in [1.165, 1.54) is 12.1 Å². The highest BCUT2D eigenvalue weighted by atomic mass is 79.9. The number of halogens is 2. The maximum atomic E-state index is 12.9. The van der Waals surface area contributed by atoms with Crippen molar-refractivity contribution in [1.82, 2.24) is 0 Å². The SMILES string of the molecule is Cc1cc(F)ccc1Oc1ccc(Br)cc1N. The van der Waals surface area contributed by atoms with Crippen LogP contribution in [0.4, 0.5) is 10.1 Å².